The molecule has 0 aromatic carbocycles. The van der Waals surface area contributed by atoms with Crippen molar-refractivity contribution in [3.8, 4) is 0 Å². The van der Waals surface area contributed by atoms with Crippen LogP contribution in [0.2, 0.25) is 3.93 Å². The Bertz CT molecular complexity index is 59.0. The number of ether oxygens (including phenoxy) is 1. The molecular formula is C6H14NOSn. The molecule has 3 radical (unpaired) electrons. The van der Waals surface area contributed by atoms with Crippen LogP contribution >= 0.6 is 0 Å². The van der Waals surface area contributed by atoms with Gasteiger partial charge in [0.2, 0.25) is 0 Å². The summed E-state index contributed by atoms with van der Waals surface area (Å²) in [6.45, 7) is 6.85. The molecule has 0 aromatic heterocycles. The van der Waals surface area contributed by atoms with Crippen molar-refractivity contribution in [3.05, 3.63) is 0 Å². The topological polar surface area (TPSA) is 21.3 Å². The fourth-order valence-corrected chi connectivity index (χ4v) is 0.746. The molecule has 1 N–H and O–H groups in total. The van der Waals surface area contributed by atoms with Crippen LogP contribution in [0.15, 0.2) is 0 Å². The van der Waals surface area contributed by atoms with Crippen LogP contribution < -0.4 is 5.32 Å². The summed E-state index contributed by atoms with van der Waals surface area (Å²) < 4.78 is 5.98. The van der Waals surface area contributed by atoms with Gasteiger partial charge in [0.25, 0.3) is 0 Å². The maximum absolute atomic E-state index is 5.25. The van der Waals surface area contributed by atoms with Gasteiger partial charge in [-0.25, -0.2) is 0 Å². The summed E-state index contributed by atoms with van der Waals surface area (Å²) in [5.74, 6) is 0. The molecular weight excluding hydrogens is 221 g/mol. The molecule has 0 saturated carbocycles. The summed E-state index contributed by atoms with van der Waals surface area (Å²) in [4.78, 5) is 0. The first-order chi connectivity index (χ1) is 4.27. The summed E-state index contributed by atoms with van der Waals surface area (Å²) in [5.41, 5.74) is 0. The molecule has 53 valence electrons. The zero-order valence-electron chi connectivity index (χ0n) is 6.11. The van der Waals surface area contributed by atoms with Gasteiger partial charge in [0.15, 0.2) is 0 Å². The number of nitrogens with one attached hydrogen (secondary N) is 1. The van der Waals surface area contributed by atoms with Gasteiger partial charge in [0, 0.05) is 0 Å². The third-order valence-corrected chi connectivity index (χ3v) is 1.30. The first-order valence-corrected chi connectivity index (χ1v) is 4.91. The molecule has 0 aliphatic carbocycles. The summed E-state index contributed by atoms with van der Waals surface area (Å²) in [6, 6.07) is 0. The number of hydrogen-bond donors (Lipinski definition) is 1. The summed E-state index contributed by atoms with van der Waals surface area (Å²) in [7, 11) is 0. The Balaban J connectivity index is 2.75. The Morgan fingerprint density at radius 1 is 1.67 bits per heavy atom. The summed E-state index contributed by atoms with van der Waals surface area (Å²) >= 11 is 1.55. The zero-order chi connectivity index (χ0) is 7.11. The second-order valence-corrected chi connectivity index (χ2v) is 4.83. The van der Waals surface area contributed by atoms with Crippen molar-refractivity contribution in [1.82, 2.24) is 5.32 Å². The van der Waals surface area contributed by atoms with E-state index < -0.39 is 0 Å². The van der Waals surface area contributed by atoms with E-state index in [2.05, 4.69) is 19.2 Å². The van der Waals surface area contributed by atoms with E-state index in [1.165, 1.54) is 0 Å². The first kappa shape index (κ1) is 9.72. The second-order valence-electron chi connectivity index (χ2n) is 2.02. The molecule has 2 nitrogen and oxygen atoms in total. The third-order valence-electron chi connectivity index (χ3n) is 0.822. The van der Waals surface area contributed by atoms with Crippen molar-refractivity contribution in [2.75, 3.05) is 19.9 Å². The standard InChI is InChI=1S/C6H14NO.Sn/c1-3-5-8-6-7-4-2;/h3,7H,4-6H2,1-2H3;. The molecule has 0 amide bonds. The molecule has 9 heavy (non-hydrogen) atoms. The van der Waals surface area contributed by atoms with E-state index in [-0.39, 0.29) is 0 Å². The van der Waals surface area contributed by atoms with Gasteiger partial charge in [-0.05, 0) is 0 Å². The van der Waals surface area contributed by atoms with Gasteiger partial charge >= 0.3 is 70.2 Å². The van der Waals surface area contributed by atoms with Crippen LogP contribution in [0.4, 0.5) is 0 Å². The quantitative estimate of drug-likeness (QED) is 0.426. The molecule has 1 atom stereocenters. The molecule has 0 aliphatic heterocycles. The monoisotopic (exact) mass is 236 g/mol. The Hall–Kier alpha value is 0.719. The van der Waals surface area contributed by atoms with E-state index in [0.29, 0.717) is 6.73 Å². The van der Waals surface area contributed by atoms with E-state index in [4.69, 9.17) is 4.74 Å². The van der Waals surface area contributed by atoms with Crippen LogP contribution in [0.1, 0.15) is 13.8 Å². The molecule has 0 fully saturated rings. The molecule has 0 heterocycles. The Kier molecular flexibility index (Phi) is 7.38. The normalized spacial score (nSPS) is 13.7. The van der Waals surface area contributed by atoms with E-state index in [1.54, 1.807) is 22.5 Å². The Morgan fingerprint density at radius 3 is 2.78 bits per heavy atom. The van der Waals surface area contributed by atoms with E-state index in [9.17, 15) is 0 Å². The van der Waals surface area contributed by atoms with Crippen LogP contribution in [-0.4, -0.2) is 42.4 Å². The van der Waals surface area contributed by atoms with Gasteiger partial charge in [-0.3, -0.25) is 0 Å². The molecule has 0 rings (SSSR count). The van der Waals surface area contributed by atoms with E-state index >= 15 is 0 Å². The van der Waals surface area contributed by atoms with E-state index in [1.807, 2.05) is 0 Å². The summed E-state index contributed by atoms with van der Waals surface area (Å²) in [5, 5.41) is 3.09. The van der Waals surface area contributed by atoms with Crippen molar-refractivity contribution in [3.63, 3.8) is 0 Å². The molecule has 0 saturated heterocycles. The van der Waals surface area contributed by atoms with Gasteiger partial charge in [-0.15, -0.1) is 0 Å². The SMILES string of the molecule is CCNCOC[CH](C)[Sn]. The van der Waals surface area contributed by atoms with Crippen LogP contribution in [0.5, 0.6) is 0 Å². The van der Waals surface area contributed by atoms with Crippen LogP contribution in [0, 0.1) is 0 Å². The van der Waals surface area contributed by atoms with Gasteiger partial charge in [-0.2, -0.15) is 0 Å². The van der Waals surface area contributed by atoms with Crippen molar-refractivity contribution in [2.24, 2.45) is 0 Å². The second kappa shape index (κ2) is 6.83. The molecule has 3 heteroatoms. The van der Waals surface area contributed by atoms with Gasteiger partial charge in [-0.1, -0.05) is 0 Å². The van der Waals surface area contributed by atoms with Gasteiger partial charge in [0.1, 0.15) is 0 Å². The number of hydrogen-bond acceptors (Lipinski definition) is 2. The molecule has 1 unspecified atom stereocenters. The van der Waals surface area contributed by atoms with Crippen LogP contribution in [0.25, 0.3) is 0 Å². The minimum atomic E-state index is 0.704. The molecule has 0 aliphatic rings. The first-order valence-electron chi connectivity index (χ1n) is 3.27. The fraction of sp³-hybridized carbons (Fsp3) is 1.00. The minimum absolute atomic E-state index is 0.704. The Morgan fingerprint density at radius 2 is 2.33 bits per heavy atom. The van der Waals surface area contributed by atoms with Crippen molar-refractivity contribution in [1.29, 1.82) is 0 Å². The van der Waals surface area contributed by atoms with Gasteiger partial charge < -0.3 is 0 Å². The zero-order valence-corrected chi connectivity index (χ0v) is 8.96. The maximum atomic E-state index is 5.25. The third kappa shape index (κ3) is 8.72. The van der Waals surface area contributed by atoms with E-state index in [0.717, 1.165) is 17.1 Å². The molecule has 0 spiro atoms. The molecule has 0 aromatic rings. The van der Waals surface area contributed by atoms with Crippen molar-refractivity contribution < 1.29 is 4.74 Å². The average Bonchev–Trinajstić information content (AvgIpc) is 1.80. The van der Waals surface area contributed by atoms with Crippen molar-refractivity contribution >= 4 is 22.5 Å². The fourth-order valence-electron chi connectivity index (χ4n) is 0.410. The predicted octanol–water partition coefficient (Wildman–Crippen LogP) is 0.547. The number of rotatable bonds is 5. The molecule has 0 bridgehead atoms. The summed E-state index contributed by atoms with van der Waals surface area (Å²) in [6.07, 6.45) is 0. The van der Waals surface area contributed by atoms with Crippen molar-refractivity contribution in [2.45, 2.75) is 17.8 Å². The average molecular weight is 235 g/mol. The predicted molar refractivity (Wildman–Crippen MR) is 39.7 cm³/mol. The van der Waals surface area contributed by atoms with Gasteiger partial charge in [0.05, 0.1) is 0 Å². The van der Waals surface area contributed by atoms with Crippen LogP contribution in [-0.2, 0) is 4.74 Å². The van der Waals surface area contributed by atoms with Crippen LogP contribution in [0.3, 0.4) is 0 Å². The Labute approximate surface area is 70.4 Å².